The molecule has 0 aliphatic rings. The summed E-state index contributed by atoms with van der Waals surface area (Å²) in [4.78, 5) is 13.0. The van der Waals surface area contributed by atoms with Crippen LogP contribution >= 0.6 is 23.4 Å². The fourth-order valence-electron chi connectivity index (χ4n) is 1.75. The van der Waals surface area contributed by atoms with Crippen molar-refractivity contribution in [3.05, 3.63) is 64.7 Å². The van der Waals surface area contributed by atoms with E-state index < -0.39 is 0 Å². The molecule has 0 unspecified atom stereocenters. The molecule has 0 saturated heterocycles. The second-order valence-corrected chi connectivity index (χ2v) is 5.69. The Hall–Kier alpha value is -2.22. The first-order valence-electron chi connectivity index (χ1n) is 6.45. The van der Waals surface area contributed by atoms with Crippen molar-refractivity contribution in [2.24, 2.45) is 0 Å². The van der Waals surface area contributed by atoms with Crippen LogP contribution in [-0.2, 0) is 4.79 Å². The summed E-state index contributed by atoms with van der Waals surface area (Å²) in [6.45, 7) is 0. The SMILES string of the molecule is CSc1ccc(/C=C/C(=O)Nc2ccc(C#N)c(Cl)c2)cc1. The summed E-state index contributed by atoms with van der Waals surface area (Å²) >= 11 is 7.59. The number of hydrogen-bond donors (Lipinski definition) is 1. The van der Waals surface area contributed by atoms with Crippen molar-refractivity contribution in [2.75, 3.05) is 11.6 Å². The summed E-state index contributed by atoms with van der Waals surface area (Å²) < 4.78 is 0. The lowest BCUT2D eigenvalue weighted by Crippen LogP contribution is -2.07. The zero-order chi connectivity index (χ0) is 15.9. The van der Waals surface area contributed by atoms with Crippen LogP contribution in [0.5, 0.6) is 0 Å². The van der Waals surface area contributed by atoms with Crippen molar-refractivity contribution in [2.45, 2.75) is 4.90 Å². The van der Waals surface area contributed by atoms with E-state index in [1.54, 1.807) is 36.0 Å². The standard InChI is InChI=1S/C17H13ClN2OS/c1-22-15-7-2-12(3-8-15)4-9-17(21)20-14-6-5-13(11-19)16(18)10-14/h2-10H,1H3,(H,20,21)/b9-4+. The van der Waals surface area contributed by atoms with Crippen molar-refractivity contribution < 1.29 is 4.79 Å². The number of halogens is 1. The molecule has 0 heterocycles. The molecule has 0 radical (unpaired) electrons. The van der Waals surface area contributed by atoms with Gasteiger partial charge in [0.05, 0.1) is 10.6 Å². The Balaban J connectivity index is 2.01. The highest BCUT2D eigenvalue weighted by atomic mass is 35.5. The Kier molecular flexibility index (Phi) is 5.65. The summed E-state index contributed by atoms with van der Waals surface area (Å²) in [7, 11) is 0. The third kappa shape index (κ3) is 4.39. The molecule has 1 N–H and O–H groups in total. The van der Waals surface area contributed by atoms with Gasteiger partial charge in [0, 0.05) is 16.7 Å². The molecule has 0 saturated carbocycles. The second-order valence-electron chi connectivity index (χ2n) is 4.40. The molecule has 0 fully saturated rings. The zero-order valence-electron chi connectivity index (χ0n) is 11.8. The van der Waals surface area contributed by atoms with Crippen molar-refractivity contribution in [1.29, 1.82) is 5.26 Å². The fraction of sp³-hybridized carbons (Fsp3) is 0.0588. The number of hydrogen-bond acceptors (Lipinski definition) is 3. The topological polar surface area (TPSA) is 52.9 Å². The van der Waals surface area contributed by atoms with Crippen molar-refractivity contribution >= 4 is 41.0 Å². The monoisotopic (exact) mass is 328 g/mol. The van der Waals surface area contributed by atoms with Gasteiger partial charge in [0.2, 0.25) is 5.91 Å². The van der Waals surface area contributed by atoms with E-state index in [1.165, 1.54) is 11.0 Å². The molecule has 0 spiro atoms. The average molecular weight is 329 g/mol. The van der Waals surface area contributed by atoms with E-state index in [2.05, 4.69) is 5.32 Å². The van der Waals surface area contributed by atoms with Crippen LogP contribution in [-0.4, -0.2) is 12.2 Å². The summed E-state index contributed by atoms with van der Waals surface area (Å²) in [6, 6.07) is 14.7. The van der Waals surface area contributed by atoms with E-state index in [0.29, 0.717) is 16.3 Å². The van der Waals surface area contributed by atoms with Gasteiger partial charge in [-0.2, -0.15) is 5.26 Å². The van der Waals surface area contributed by atoms with Gasteiger partial charge in [-0.25, -0.2) is 0 Å². The van der Waals surface area contributed by atoms with Crippen LogP contribution in [0.4, 0.5) is 5.69 Å². The van der Waals surface area contributed by atoms with Crippen molar-refractivity contribution in [3.8, 4) is 6.07 Å². The number of amides is 1. The number of nitriles is 1. The zero-order valence-corrected chi connectivity index (χ0v) is 13.4. The third-order valence-corrected chi connectivity index (χ3v) is 3.96. The van der Waals surface area contributed by atoms with E-state index in [-0.39, 0.29) is 5.91 Å². The molecule has 3 nitrogen and oxygen atoms in total. The van der Waals surface area contributed by atoms with Gasteiger partial charge in [-0.05, 0) is 48.2 Å². The molecule has 1 amide bonds. The molecule has 0 aromatic heterocycles. The highest BCUT2D eigenvalue weighted by molar-refractivity contribution is 7.98. The first-order valence-corrected chi connectivity index (χ1v) is 8.05. The number of nitrogens with zero attached hydrogens (tertiary/aromatic N) is 1. The van der Waals surface area contributed by atoms with Gasteiger partial charge >= 0.3 is 0 Å². The van der Waals surface area contributed by atoms with Gasteiger partial charge in [-0.3, -0.25) is 4.79 Å². The van der Waals surface area contributed by atoms with Crippen LogP contribution in [0.15, 0.2) is 53.4 Å². The van der Waals surface area contributed by atoms with Crippen molar-refractivity contribution in [3.63, 3.8) is 0 Å². The van der Waals surface area contributed by atoms with Gasteiger partial charge < -0.3 is 5.32 Å². The largest absolute Gasteiger partial charge is 0.322 e. The summed E-state index contributed by atoms with van der Waals surface area (Å²) in [5.41, 5.74) is 1.88. The molecule has 0 aliphatic carbocycles. The predicted octanol–water partition coefficient (Wildman–Crippen LogP) is 4.59. The van der Waals surface area contributed by atoms with Crippen molar-refractivity contribution in [1.82, 2.24) is 0 Å². The van der Waals surface area contributed by atoms with Gasteiger partial charge in [0.25, 0.3) is 0 Å². The Morgan fingerprint density at radius 1 is 1.27 bits per heavy atom. The molecule has 110 valence electrons. The lowest BCUT2D eigenvalue weighted by Gasteiger charge is -2.03. The molecule has 5 heteroatoms. The van der Waals surface area contributed by atoms with Crippen LogP contribution in [0, 0.1) is 11.3 Å². The maximum atomic E-state index is 11.9. The number of carbonyl (C=O) groups is 1. The van der Waals surface area contributed by atoms with Crippen LogP contribution in [0.25, 0.3) is 6.08 Å². The van der Waals surface area contributed by atoms with Crippen LogP contribution in [0.3, 0.4) is 0 Å². The summed E-state index contributed by atoms with van der Waals surface area (Å²) in [6.07, 6.45) is 5.21. The lowest BCUT2D eigenvalue weighted by atomic mass is 10.2. The average Bonchev–Trinajstić information content (AvgIpc) is 2.53. The van der Waals surface area contributed by atoms with E-state index >= 15 is 0 Å². The number of thioether (sulfide) groups is 1. The molecule has 0 aliphatic heterocycles. The number of rotatable bonds is 4. The van der Waals surface area contributed by atoms with E-state index in [9.17, 15) is 4.79 Å². The van der Waals surface area contributed by atoms with E-state index in [1.807, 2.05) is 36.6 Å². The molecule has 0 atom stereocenters. The minimum absolute atomic E-state index is 0.255. The minimum Gasteiger partial charge on any atom is -0.322 e. The highest BCUT2D eigenvalue weighted by Gasteiger charge is 2.03. The maximum Gasteiger partial charge on any atom is 0.248 e. The fourth-order valence-corrected chi connectivity index (χ4v) is 2.39. The van der Waals surface area contributed by atoms with Crippen LogP contribution < -0.4 is 5.32 Å². The molecule has 0 bridgehead atoms. The van der Waals surface area contributed by atoms with Gasteiger partial charge in [0.15, 0.2) is 0 Å². The second kappa shape index (κ2) is 7.69. The molecule has 2 rings (SSSR count). The molecule has 2 aromatic rings. The van der Waals surface area contributed by atoms with Gasteiger partial charge in [-0.1, -0.05) is 23.7 Å². The predicted molar refractivity (Wildman–Crippen MR) is 92.1 cm³/mol. The molecular formula is C17H13ClN2OS. The minimum atomic E-state index is -0.255. The summed E-state index contributed by atoms with van der Waals surface area (Å²) in [5, 5.41) is 11.8. The number of nitrogens with one attached hydrogen (secondary N) is 1. The van der Waals surface area contributed by atoms with Gasteiger partial charge in [0.1, 0.15) is 6.07 Å². The van der Waals surface area contributed by atoms with E-state index in [0.717, 1.165) is 5.56 Å². The first-order chi connectivity index (χ1) is 10.6. The Labute approximate surface area is 138 Å². The highest BCUT2D eigenvalue weighted by Crippen LogP contribution is 2.20. The van der Waals surface area contributed by atoms with Gasteiger partial charge in [-0.15, -0.1) is 11.8 Å². The Morgan fingerprint density at radius 2 is 2.00 bits per heavy atom. The Bertz CT molecular complexity index is 748. The number of benzene rings is 2. The third-order valence-electron chi connectivity index (χ3n) is 2.90. The smallest absolute Gasteiger partial charge is 0.248 e. The summed E-state index contributed by atoms with van der Waals surface area (Å²) in [5.74, 6) is -0.255. The van der Waals surface area contributed by atoms with Crippen LogP contribution in [0.1, 0.15) is 11.1 Å². The maximum absolute atomic E-state index is 11.9. The quantitative estimate of drug-likeness (QED) is 0.660. The van der Waals surface area contributed by atoms with Crippen LogP contribution in [0.2, 0.25) is 5.02 Å². The van der Waals surface area contributed by atoms with E-state index in [4.69, 9.17) is 16.9 Å². The lowest BCUT2D eigenvalue weighted by molar-refractivity contribution is -0.111. The molecular weight excluding hydrogens is 316 g/mol. The normalized spacial score (nSPS) is 10.4. The first kappa shape index (κ1) is 16.2. The number of anilines is 1. The molecule has 2 aromatic carbocycles. The Morgan fingerprint density at radius 3 is 2.59 bits per heavy atom. The molecule has 22 heavy (non-hydrogen) atoms. The number of carbonyl (C=O) groups excluding carboxylic acids is 1.